The van der Waals surface area contributed by atoms with Crippen molar-refractivity contribution in [2.75, 3.05) is 31.7 Å². The lowest BCUT2D eigenvalue weighted by molar-refractivity contribution is -0.118. The normalized spacial score (nSPS) is 10.2. The minimum Gasteiger partial charge on any atom is -0.494 e. The lowest BCUT2D eigenvalue weighted by atomic mass is 10.2. The van der Waals surface area contributed by atoms with Crippen molar-refractivity contribution in [2.45, 2.75) is 27.2 Å². The fourth-order valence-electron chi connectivity index (χ4n) is 2.37. The molecule has 0 aliphatic carbocycles. The highest BCUT2D eigenvalue weighted by atomic mass is 16.5. The van der Waals surface area contributed by atoms with Crippen molar-refractivity contribution in [3.63, 3.8) is 0 Å². The minimum absolute atomic E-state index is 0.142. The molecule has 146 valence electrons. The Labute approximate surface area is 160 Å². The summed E-state index contributed by atoms with van der Waals surface area (Å²) in [6, 6.07) is 12.6. The van der Waals surface area contributed by atoms with Gasteiger partial charge < -0.3 is 24.3 Å². The molecule has 0 aromatic heterocycles. The Bertz CT molecular complexity index is 732. The number of para-hydroxylation sites is 2. The van der Waals surface area contributed by atoms with Crippen molar-refractivity contribution in [1.82, 2.24) is 0 Å². The quantitative estimate of drug-likeness (QED) is 0.636. The third-order valence-corrected chi connectivity index (χ3v) is 3.51. The first kappa shape index (κ1) is 20.4. The maximum absolute atomic E-state index is 12.4. The van der Waals surface area contributed by atoms with Crippen molar-refractivity contribution in [3.05, 3.63) is 42.5 Å². The number of ether oxygens (including phenoxy) is 4. The van der Waals surface area contributed by atoms with E-state index in [1.807, 2.05) is 45.0 Å². The number of carbonyl (C=O) groups excluding carboxylic acids is 1. The molecule has 27 heavy (non-hydrogen) atoms. The number of hydrogen-bond donors (Lipinski definition) is 1. The molecule has 0 unspecified atom stereocenters. The molecule has 0 heterocycles. The van der Waals surface area contributed by atoms with E-state index in [0.717, 1.165) is 6.42 Å². The number of benzene rings is 2. The van der Waals surface area contributed by atoms with Gasteiger partial charge in [-0.1, -0.05) is 19.1 Å². The topological polar surface area (TPSA) is 66.0 Å². The summed E-state index contributed by atoms with van der Waals surface area (Å²) in [6.45, 7) is 7.31. The Morgan fingerprint density at radius 2 is 1.56 bits per heavy atom. The van der Waals surface area contributed by atoms with Crippen molar-refractivity contribution >= 4 is 11.6 Å². The third kappa shape index (κ3) is 6.40. The van der Waals surface area contributed by atoms with E-state index in [4.69, 9.17) is 18.9 Å². The number of anilines is 1. The predicted octanol–water partition coefficient (Wildman–Crippen LogP) is 4.29. The molecule has 1 N–H and O–H groups in total. The van der Waals surface area contributed by atoms with Gasteiger partial charge in [-0.2, -0.15) is 0 Å². The van der Waals surface area contributed by atoms with E-state index in [0.29, 0.717) is 48.5 Å². The van der Waals surface area contributed by atoms with Crippen LogP contribution in [0.4, 0.5) is 5.69 Å². The Kier molecular flexibility index (Phi) is 8.29. The highest BCUT2D eigenvalue weighted by Gasteiger charge is 2.12. The standard InChI is InChI=1S/C21H27NO5/c1-4-13-26-19-9-7-8-10-20(19)27-15-21(23)22-17-14-16(24-5-2)11-12-18(17)25-6-3/h7-12,14H,4-6,13,15H2,1-3H3,(H,22,23). The van der Waals surface area contributed by atoms with Gasteiger partial charge in [0, 0.05) is 6.07 Å². The van der Waals surface area contributed by atoms with Crippen molar-refractivity contribution in [1.29, 1.82) is 0 Å². The molecule has 6 heteroatoms. The molecule has 2 aromatic rings. The van der Waals surface area contributed by atoms with Gasteiger partial charge in [0.15, 0.2) is 18.1 Å². The lowest BCUT2D eigenvalue weighted by Crippen LogP contribution is -2.21. The van der Waals surface area contributed by atoms with Crippen LogP contribution in [0.2, 0.25) is 0 Å². The van der Waals surface area contributed by atoms with Gasteiger partial charge in [0.25, 0.3) is 5.91 Å². The predicted molar refractivity (Wildman–Crippen MR) is 105 cm³/mol. The highest BCUT2D eigenvalue weighted by molar-refractivity contribution is 5.93. The summed E-state index contributed by atoms with van der Waals surface area (Å²) in [6.07, 6.45) is 0.894. The van der Waals surface area contributed by atoms with Crippen LogP contribution in [-0.2, 0) is 4.79 Å². The van der Waals surface area contributed by atoms with Crippen molar-refractivity contribution in [2.24, 2.45) is 0 Å². The van der Waals surface area contributed by atoms with Gasteiger partial charge in [0.05, 0.1) is 25.5 Å². The maximum atomic E-state index is 12.4. The van der Waals surface area contributed by atoms with E-state index in [1.54, 1.807) is 18.2 Å². The number of hydrogen-bond acceptors (Lipinski definition) is 5. The van der Waals surface area contributed by atoms with Crippen LogP contribution in [0.25, 0.3) is 0 Å². The molecule has 0 bridgehead atoms. The van der Waals surface area contributed by atoms with Gasteiger partial charge in [-0.25, -0.2) is 0 Å². The molecule has 0 spiro atoms. The van der Waals surface area contributed by atoms with E-state index in [1.165, 1.54) is 0 Å². The van der Waals surface area contributed by atoms with Crippen LogP contribution in [0.15, 0.2) is 42.5 Å². The van der Waals surface area contributed by atoms with Gasteiger partial charge in [0.2, 0.25) is 0 Å². The minimum atomic E-state index is -0.296. The van der Waals surface area contributed by atoms with Crippen LogP contribution in [-0.4, -0.2) is 32.3 Å². The molecule has 0 atom stereocenters. The SMILES string of the molecule is CCCOc1ccccc1OCC(=O)Nc1cc(OCC)ccc1OCC. The number of rotatable bonds is 11. The number of nitrogens with one attached hydrogen (secondary N) is 1. The first-order chi connectivity index (χ1) is 13.2. The Hall–Kier alpha value is -2.89. The van der Waals surface area contributed by atoms with Crippen LogP contribution in [0.1, 0.15) is 27.2 Å². The molecule has 2 rings (SSSR count). The second kappa shape index (κ2) is 11.0. The highest BCUT2D eigenvalue weighted by Crippen LogP contribution is 2.30. The molecular formula is C21H27NO5. The second-order valence-corrected chi connectivity index (χ2v) is 5.66. The van der Waals surface area contributed by atoms with Crippen LogP contribution in [0.5, 0.6) is 23.0 Å². The summed E-state index contributed by atoms with van der Waals surface area (Å²) >= 11 is 0. The summed E-state index contributed by atoms with van der Waals surface area (Å²) in [5.74, 6) is 2.11. The third-order valence-electron chi connectivity index (χ3n) is 3.51. The van der Waals surface area contributed by atoms with Crippen LogP contribution in [0.3, 0.4) is 0 Å². The van der Waals surface area contributed by atoms with Gasteiger partial charge in [0.1, 0.15) is 11.5 Å². The van der Waals surface area contributed by atoms with E-state index >= 15 is 0 Å². The molecule has 1 amide bonds. The number of carbonyl (C=O) groups is 1. The molecule has 0 aliphatic rings. The Balaban J connectivity index is 2.02. The maximum Gasteiger partial charge on any atom is 0.262 e. The fraction of sp³-hybridized carbons (Fsp3) is 0.381. The van der Waals surface area contributed by atoms with Crippen LogP contribution in [0, 0.1) is 0 Å². The molecule has 2 aromatic carbocycles. The summed E-state index contributed by atoms with van der Waals surface area (Å²) in [5, 5.41) is 2.82. The summed E-state index contributed by atoms with van der Waals surface area (Å²) in [7, 11) is 0. The second-order valence-electron chi connectivity index (χ2n) is 5.66. The first-order valence-corrected chi connectivity index (χ1v) is 9.22. The van der Waals surface area contributed by atoms with Gasteiger partial charge in [-0.3, -0.25) is 4.79 Å². The summed E-state index contributed by atoms with van der Waals surface area (Å²) in [4.78, 5) is 12.4. The van der Waals surface area contributed by atoms with Gasteiger partial charge in [-0.15, -0.1) is 0 Å². The lowest BCUT2D eigenvalue weighted by Gasteiger charge is -2.15. The van der Waals surface area contributed by atoms with E-state index in [-0.39, 0.29) is 12.5 Å². The van der Waals surface area contributed by atoms with E-state index < -0.39 is 0 Å². The van der Waals surface area contributed by atoms with Crippen molar-refractivity contribution < 1.29 is 23.7 Å². The molecule has 0 saturated carbocycles. The summed E-state index contributed by atoms with van der Waals surface area (Å²) < 4.78 is 22.3. The van der Waals surface area contributed by atoms with Gasteiger partial charge >= 0.3 is 0 Å². The van der Waals surface area contributed by atoms with Crippen LogP contribution < -0.4 is 24.3 Å². The van der Waals surface area contributed by atoms with Crippen molar-refractivity contribution in [3.8, 4) is 23.0 Å². The molecular weight excluding hydrogens is 346 g/mol. The zero-order valence-electron chi connectivity index (χ0n) is 16.1. The van der Waals surface area contributed by atoms with E-state index in [2.05, 4.69) is 5.32 Å². The molecule has 6 nitrogen and oxygen atoms in total. The first-order valence-electron chi connectivity index (χ1n) is 9.22. The monoisotopic (exact) mass is 373 g/mol. The number of amides is 1. The van der Waals surface area contributed by atoms with Crippen LogP contribution >= 0.6 is 0 Å². The Morgan fingerprint density at radius 1 is 0.852 bits per heavy atom. The molecule has 0 aliphatic heterocycles. The molecule has 0 saturated heterocycles. The largest absolute Gasteiger partial charge is 0.494 e. The van der Waals surface area contributed by atoms with Gasteiger partial charge in [-0.05, 0) is 44.5 Å². The smallest absolute Gasteiger partial charge is 0.262 e. The molecule has 0 fully saturated rings. The van der Waals surface area contributed by atoms with E-state index in [9.17, 15) is 4.79 Å². The zero-order chi connectivity index (χ0) is 19.5. The summed E-state index contributed by atoms with van der Waals surface area (Å²) in [5.41, 5.74) is 0.548. The average Bonchev–Trinajstić information content (AvgIpc) is 2.67. The fourth-order valence-corrected chi connectivity index (χ4v) is 2.37. The average molecular weight is 373 g/mol. The zero-order valence-corrected chi connectivity index (χ0v) is 16.1. The Morgan fingerprint density at radius 3 is 2.22 bits per heavy atom. The molecule has 0 radical (unpaired) electrons.